The lowest BCUT2D eigenvalue weighted by Gasteiger charge is -2.39. The number of ether oxygens (including phenoxy) is 1. The minimum atomic E-state index is -3.86. The van der Waals surface area contributed by atoms with Crippen LogP contribution < -0.4 is 4.72 Å². The third-order valence-electron chi connectivity index (χ3n) is 5.96. The summed E-state index contributed by atoms with van der Waals surface area (Å²) in [6.07, 6.45) is 0.375. The molecule has 0 bridgehead atoms. The van der Waals surface area contributed by atoms with E-state index in [4.69, 9.17) is 4.74 Å². The van der Waals surface area contributed by atoms with Crippen molar-refractivity contribution in [2.75, 3.05) is 6.61 Å². The van der Waals surface area contributed by atoms with Crippen molar-refractivity contribution in [3.8, 4) is 0 Å². The van der Waals surface area contributed by atoms with Crippen LogP contribution in [0.2, 0.25) is 0 Å². The van der Waals surface area contributed by atoms with E-state index in [0.717, 1.165) is 16.3 Å². The standard InChI is InChI=1S/C25H27FN2O4S/c1-25(2)23(16-18-10-7-9-17-8-3-4-11-19(17)18)33(30,31)28-24(32-25)27-22(14-15-29)20-12-5-6-13-21(20)26/h3-13,22-23,29H,14-16H2,1-2H3,(H,27,28). The molecule has 0 saturated carbocycles. The van der Waals surface area contributed by atoms with Crippen LogP contribution in [0.4, 0.5) is 4.39 Å². The van der Waals surface area contributed by atoms with E-state index < -0.39 is 32.7 Å². The zero-order chi connectivity index (χ0) is 23.6. The summed E-state index contributed by atoms with van der Waals surface area (Å²) in [6.45, 7) is 3.18. The smallest absolute Gasteiger partial charge is 0.299 e. The molecular formula is C25H27FN2O4S. The van der Waals surface area contributed by atoms with Gasteiger partial charge in [-0.2, -0.15) is 0 Å². The van der Waals surface area contributed by atoms with Gasteiger partial charge in [-0.1, -0.05) is 60.7 Å². The molecule has 8 heteroatoms. The fraction of sp³-hybridized carbons (Fsp3) is 0.320. The van der Waals surface area contributed by atoms with Gasteiger partial charge < -0.3 is 9.84 Å². The maximum atomic E-state index is 14.3. The Labute approximate surface area is 193 Å². The van der Waals surface area contributed by atoms with Crippen LogP contribution in [0.5, 0.6) is 0 Å². The lowest BCUT2D eigenvalue weighted by Crippen LogP contribution is -2.59. The Morgan fingerprint density at radius 3 is 2.52 bits per heavy atom. The summed E-state index contributed by atoms with van der Waals surface area (Å²) in [7, 11) is -3.86. The number of nitrogens with one attached hydrogen (secondary N) is 1. The van der Waals surface area contributed by atoms with Gasteiger partial charge in [0.05, 0.1) is 6.04 Å². The third-order valence-corrected chi connectivity index (χ3v) is 7.91. The average molecular weight is 471 g/mol. The zero-order valence-electron chi connectivity index (χ0n) is 18.5. The molecule has 2 N–H and O–H groups in total. The molecule has 0 amide bonds. The lowest BCUT2D eigenvalue weighted by atomic mass is 9.94. The molecule has 0 radical (unpaired) electrons. The highest BCUT2D eigenvalue weighted by Crippen LogP contribution is 2.32. The maximum absolute atomic E-state index is 14.3. The molecule has 2 atom stereocenters. The number of hydrogen-bond donors (Lipinski definition) is 2. The fourth-order valence-corrected chi connectivity index (χ4v) is 5.95. The first kappa shape index (κ1) is 23.2. The fourth-order valence-electron chi connectivity index (χ4n) is 4.28. The van der Waals surface area contributed by atoms with Crippen molar-refractivity contribution in [3.63, 3.8) is 0 Å². The number of aliphatic hydroxyl groups excluding tert-OH is 1. The minimum Gasteiger partial charge on any atom is -0.457 e. The molecule has 1 saturated heterocycles. The number of sulfonamides is 1. The summed E-state index contributed by atoms with van der Waals surface area (Å²) in [5.74, 6) is -0.480. The number of halogens is 1. The second kappa shape index (κ2) is 9.11. The molecule has 0 aliphatic carbocycles. The highest BCUT2D eigenvalue weighted by molar-refractivity contribution is 7.90. The Kier molecular flexibility index (Phi) is 6.41. The van der Waals surface area contributed by atoms with Gasteiger partial charge in [-0.3, -0.25) is 0 Å². The van der Waals surface area contributed by atoms with E-state index >= 15 is 0 Å². The predicted octanol–water partition coefficient (Wildman–Crippen LogP) is 4.10. The third kappa shape index (κ3) is 4.86. The molecule has 3 aromatic carbocycles. The van der Waals surface area contributed by atoms with Crippen molar-refractivity contribution < 1.29 is 22.7 Å². The summed E-state index contributed by atoms with van der Waals surface area (Å²) < 4.78 is 49.4. The SMILES string of the molecule is CC1(C)OC(=NC(CCO)c2ccccc2F)NS(=O)(=O)C1Cc1cccc2ccccc12. The molecule has 33 heavy (non-hydrogen) atoms. The van der Waals surface area contributed by atoms with Gasteiger partial charge in [0.15, 0.2) is 0 Å². The zero-order valence-corrected chi connectivity index (χ0v) is 19.3. The van der Waals surface area contributed by atoms with Crippen molar-refractivity contribution in [2.24, 2.45) is 4.99 Å². The first-order chi connectivity index (χ1) is 15.7. The average Bonchev–Trinajstić information content (AvgIpc) is 2.76. The summed E-state index contributed by atoms with van der Waals surface area (Å²) in [5.41, 5.74) is 0.0707. The second-order valence-corrected chi connectivity index (χ2v) is 10.5. The Balaban J connectivity index is 1.66. The number of nitrogens with zero attached hydrogens (tertiary/aromatic N) is 1. The van der Waals surface area contributed by atoms with Crippen LogP contribution in [0, 0.1) is 5.82 Å². The van der Waals surface area contributed by atoms with Crippen molar-refractivity contribution in [2.45, 2.75) is 43.6 Å². The molecule has 1 aliphatic heterocycles. The Hall–Kier alpha value is -2.97. The Morgan fingerprint density at radius 1 is 1.09 bits per heavy atom. The molecule has 6 nitrogen and oxygen atoms in total. The molecule has 0 aromatic heterocycles. The van der Waals surface area contributed by atoms with E-state index in [2.05, 4.69) is 9.71 Å². The summed E-state index contributed by atoms with van der Waals surface area (Å²) >= 11 is 0. The number of benzene rings is 3. The summed E-state index contributed by atoms with van der Waals surface area (Å²) in [6, 6.07) is 18.8. The van der Waals surface area contributed by atoms with Crippen LogP contribution in [-0.2, 0) is 21.2 Å². The van der Waals surface area contributed by atoms with Gasteiger partial charge in [0.1, 0.15) is 16.7 Å². The first-order valence-corrected chi connectivity index (χ1v) is 12.4. The largest absolute Gasteiger partial charge is 0.457 e. The monoisotopic (exact) mass is 470 g/mol. The topological polar surface area (TPSA) is 88.0 Å². The van der Waals surface area contributed by atoms with Crippen molar-refractivity contribution >= 4 is 26.8 Å². The number of aliphatic imine (C=N–C) groups is 1. The number of fused-ring (bicyclic) bond motifs is 1. The number of amidine groups is 1. The molecule has 2 unspecified atom stereocenters. The van der Waals surface area contributed by atoms with E-state index in [1.807, 2.05) is 42.5 Å². The Morgan fingerprint density at radius 2 is 1.79 bits per heavy atom. The summed E-state index contributed by atoms with van der Waals surface area (Å²) in [5, 5.41) is 10.6. The van der Waals surface area contributed by atoms with Crippen LogP contribution in [0.1, 0.15) is 37.4 Å². The second-order valence-electron chi connectivity index (χ2n) is 8.67. The maximum Gasteiger partial charge on any atom is 0.299 e. The van der Waals surface area contributed by atoms with Gasteiger partial charge in [0.2, 0.25) is 10.0 Å². The van der Waals surface area contributed by atoms with Gasteiger partial charge in [-0.15, -0.1) is 0 Å². The molecule has 4 rings (SSSR count). The van der Waals surface area contributed by atoms with Gasteiger partial charge in [-0.25, -0.2) is 22.5 Å². The Bertz CT molecular complexity index is 1290. The normalized spacial score (nSPS) is 21.3. The van der Waals surface area contributed by atoms with Crippen LogP contribution in [-0.4, -0.2) is 37.0 Å². The first-order valence-electron chi connectivity index (χ1n) is 10.8. The minimum absolute atomic E-state index is 0.120. The quantitative estimate of drug-likeness (QED) is 0.568. The van der Waals surface area contributed by atoms with Crippen LogP contribution in [0.3, 0.4) is 0 Å². The van der Waals surface area contributed by atoms with Crippen molar-refractivity contribution in [1.82, 2.24) is 4.72 Å². The number of rotatable bonds is 6. The van der Waals surface area contributed by atoms with Gasteiger partial charge in [0, 0.05) is 12.2 Å². The molecule has 3 aromatic rings. The van der Waals surface area contributed by atoms with E-state index in [-0.39, 0.29) is 31.0 Å². The van der Waals surface area contributed by atoms with Crippen LogP contribution >= 0.6 is 0 Å². The highest BCUT2D eigenvalue weighted by Gasteiger charge is 2.47. The van der Waals surface area contributed by atoms with Gasteiger partial charge in [-0.05, 0) is 49.1 Å². The molecule has 0 spiro atoms. The molecular weight excluding hydrogens is 443 g/mol. The van der Waals surface area contributed by atoms with E-state index in [0.29, 0.717) is 0 Å². The predicted molar refractivity (Wildman–Crippen MR) is 127 cm³/mol. The van der Waals surface area contributed by atoms with Crippen LogP contribution in [0.25, 0.3) is 10.8 Å². The molecule has 1 aliphatic rings. The highest BCUT2D eigenvalue weighted by atomic mass is 32.2. The molecule has 1 heterocycles. The van der Waals surface area contributed by atoms with Gasteiger partial charge in [0.25, 0.3) is 6.02 Å². The van der Waals surface area contributed by atoms with E-state index in [1.54, 1.807) is 32.0 Å². The number of hydrogen-bond acceptors (Lipinski definition) is 5. The van der Waals surface area contributed by atoms with E-state index in [1.165, 1.54) is 6.07 Å². The molecule has 1 fully saturated rings. The van der Waals surface area contributed by atoms with E-state index in [9.17, 15) is 17.9 Å². The van der Waals surface area contributed by atoms with Crippen LogP contribution in [0.15, 0.2) is 71.7 Å². The number of aliphatic hydroxyl groups is 1. The summed E-state index contributed by atoms with van der Waals surface area (Å²) in [4.78, 5) is 4.34. The lowest BCUT2D eigenvalue weighted by molar-refractivity contribution is 0.0760. The van der Waals surface area contributed by atoms with Crippen molar-refractivity contribution in [1.29, 1.82) is 0 Å². The van der Waals surface area contributed by atoms with Gasteiger partial charge >= 0.3 is 0 Å². The molecule has 174 valence electrons. The van der Waals surface area contributed by atoms with Crippen molar-refractivity contribution in [3.05, 3.63) is 83.7 Å².